The van der Waals surface area contributed by atoms with Crippen LogP contribution in [0.4, 0.5) is 0 Å². The van der Waals surface area contributed by atoms with Gasteiger partial charge in [-0.15, -0.1) is 0 Å². The minimum absolute atomic E-state index is 0.152. The maximum absolute atomic E-state index is 12.3. The number of carbonyl (C=O) groups excluding carboxylic acids is 1. The first kappa shape index (κ1) is 13.4. The predicted molar refractivity (Wildman–Crippen MR) is 77.0 cm³/mol. The zero-order valence-corrected chi connectivity index (χ0v) is 11.8. The number of nitrogens with zero attached hydrogens (tertiary/aromatic N) is 1. The van der Waals surface area contributed by atoms with E-state index in [-0.39, 0.29) is 5.91 Å². The lowest BCUT2D eigenvalue weighted by Gasteiger charge is -2.32. The SMILES string of the molecule is CSCc1ccc(C(=O)N2CCN[C@@H](C)C2)cc1. The molecule has 98 valence electrons. The van der Waals surface area contributed by atoms with Gasteiger partial charge in [-0.1, -0.05) is 12.1 Å². The highest BCUT2D eigenvalue weighted by atomic mass is 32.2. The quantitative estimate of drug-likeness (QED) is 0.906. The molecule has 1 fully saturated rings. The van der Waals surface area contributed by atoms with Crippen LogP contribution in [0.1, 0.15) is 22.8 Å². The van der Waals surface area contributed by atoms with E-state index >= 15 is 0 Å². The molecule has 0 spiro atoms. The zero-order chi connectivity index (χ0) is 13.0. The third kappa shape index (κ3) is 3.27. The van der Waals surface area contributed by atoms with Crippen molar-refractivity contribution < 1.29 is 4.79 Å². The number of nitrogens with one attached hydrogen (secondary N) is 1. The maximum Gasteiger partial charge on any atom is 0.253 e. The summed E-state index contributed by atoms with van der Waals surface area (Å²) in [6, 6.07) is 8.38. The second-order valence-electron chi connectivity index (χ2n) is 4.74. The molecule has 1 N–H and O–H groups in total. The molecular weight excluding hydrogens is 244 g/mol. The fourth-order valence-electron chi connectivity index (χ4n) is 2.21. The summed E-state index contributed by atoms with van der Waals surface area (Å²) in [6.45, 7) is 4.60. The van der Waals surface area contributed by atoms with Gasteiger partial charge < -0.3 is 10.2 Å². The van der Waals surface area contributed by atoms with Gasteiger partial charge in [0, 0.05) is 37.0 Å². The third-order valence-corrected chi connectivity index (χ3v) is 3.79. The number of hydrogen-bond donors (Lipinski definition) is 1. The summed E-state index contributed by atoms with van der Waals surface area (Å²) in [5.41, 5.74) is 2.07. The van der Waals surface area contributed by atoms with Gasteiger partial charge >= 0.3 is 0 Å². The number of benzene rings is 1. The molecule has 0 aliphatic carbocycles. The van der Waals surface area contributed by atoms with Crippen molar-refractivity contribution in [3.8, 4) is 0 Å². The molecule has 2 rings (SSSR count). The van der Waals surface area contributed by atoms with Gasteiger partial charge in [-0.2, -0.15) is 11.8 Å². The van der Waals surface area contributed by atoms with Crippen molar-refractivity contribution in [1.29, 1.82) is 0 Å². The van der Waals surface area contributed by atoms with Gasteiger partial charge in [0.05, 0.1) is 0 Å². The second kappa shape index (κ2) is 6.25. The Balaban J connectivity index is 2.03. The normalized spacial score (nSPS) is 19.9. The minimum atomic E-state index is 0.152. The first-order valence-electron chi connectivity index (χ1n) is 6.31. The van der Waals surface area contributed by atoms with E-state index in [9.17, 15) is 4.79 Å². The van der Waals surface area contributed by atoms with Crippen LogP contribution in [0.2, 0.25) is 0 Å². The molecule has 1 aliphatic rings. The van der Waals surface area contributed by atoms with Crippen LogP contribution in [0.3, 0.4) is 0 Å². The van der Waals surface area contributed by atoms with E-state index in [1.165, 1.54) is 5.56 Å². The highest BCUT2D eigenvalue weighted by Gasteiger charge is 2.21. The summed E-state index contributed by atoms with van der Waals surface area (Å²) < 4.78 is 0. The van der Waals surface area contributed by atoms with E-state index in [0.29, 0.717) is 6.04 Å². The summed E-state index contributed by atoms with van der Waals surface area (Å²) in [4.78, 5) is 14.2. The Hall–Kier alpha value is -1.00. The molecule has 1 saturated heterocycles. The monoisotopic (exact) mass is 264 g/mol. The molecule has 1 atom stereocenters. The summed E-state index contributed by atoms with van der Waals surface area (Å²) in [5, 5.41) is 3.35. The van der Waals surface area contributed by atoms with Gasteiger partial charge in [0.15, 0.2) is 0 Å². The fraction of sp³-hybridized carbons (Fsp3) is 0.500. The maximum atomic E-state index is 12.3. The summed E-state index contributed by atoms with van der Waals surface area (Å²) in [6.07, 6.45) is 2.08. The zero-order valence-electron chi connectivity index (χ0n) is 11.0. The lowest BCUT2D eigenvalue weighted by molar-refractivity contribution is 0.0709. The lowest BCUT2D eigenvalue weighted by Crippen LogP contribution is -2.51. The van der Waals surface area contributed by atoms with Crippen LogP contribution in [-0.2, 0) is 5.75 Å². The molecule has 0 saturated carbocycles. The van der Waals surface area contributed by atoms with E-state index in [1.807, 2.05) is 17.0 Å². The summed E-state index contributed by atoms with van der Waals surface area (Å²) >= 11 is 1.79. The number of hydrogen-bond acceptors (Lipinski definition) is 3. The van der Waals surface area contributed by atoms with E-state index in [1.54, 1.807) is 11.8 Å². The van der Waals surface area contributed by atoms with Crippen LogP contribution in [0, 0.1) is 0 Å². The van der Waals surface area contributed by atoms with Crippen LogP contribution < -0.4 is 5.32 Å². The minimum Gasteiger partial charge on any atom is -0.336 e. The molecule has 0 aromatic heterocycles. The number of piperazine rings is 1. The Morgan fingerprint density at radius 1 is 1.44 bits per heavy atom. The topological polar surface area (TPSA) is 32.3 Å². The van der Waals surface area contributed by atoms with Crippen molar-refractivity contribution >= 4 is 17.7 Å². The summed E-state index contributed by atoms with van der Waals surface area (Å²) in [5.74, 6) is 1.15. The molecule has 4 heteroatoms. The average molecular weight is 264 g/mol. The third-order valence-electron chi connectivity index (χ3n) is 3.17. The van der Waals surface area contributed by atoms with Crippen LogP contribution in [0.5, 0.6) is 0 Å². The van der Waals surface area contributed by atoms with Gasteiger partial charge in [0.25, 0.3) is 5.91 Å². The van der Waals surface area contributed by atoms with E-state index in [2.05, 4.69) is 30.6 Å². The average Bonchev–Trinajstić information content (AvgIpc) is 2.39. The highest BCUT2D eigenvalue weighted by molar-refractivity contribution is 7.97. The van der Waals surface area contributed by atoms with Crippen molar-refractivity contribution in [3.05, 3.63) is 35.4 Å². The molecule has 18 heavy (non-hydrogen) atoms. The fourth-order valence-corrected chi connectivity index (χ4v) is 2.74. The molecule has 1 aromatic carbocycles. The van der Waals surface area contributed by atoms with Gasteiger partial charge in [-0.05, 0) is 30.9 Å². The molecule has 3 nitrogen and oxygen atoms in total. The first-order chi connectivity index (χ1) is 8.70. The van der Waals surface area contributed by atoms with E-state index < -0.39 is 0 Å². The van der Waals surface area contributed by atoms with Crippen LogP contribution in [0.25, 0.3) is 0 Å². The largest absolute Gasteiger partial charge is 0.336 e. The van der Waals surface area contributed by atoms with Gasteiger partial charge in [0.1, 0.15) is 0 Å². The Morgan fingerprint density at radius 3 is 2.78 bits per heavy atom. The standard InChI is InChI=1S/C14H20N2OS/c1-11-9-16(8-7-15-11)14(17)13-5-3-12(4-6-13)10-18-2/h3-6,11,15H,7-10H2,1-2H3/t11-/m0/s1. The Kier molecular flexibility index (Phi) is 4.66. The van der Waals surface area contributed by atoms with Crippen molar-refractivity contribution in [2.45, 2.75) is 18.7 Å². The Labute approximate surface area is 113 Å². The van der Waals surface area contributed by atoms with Crippen LogP contribution in [-0.4, -0.2) is 42.7 Å². The number of carbonyl (C=O) groups is 1. The van der Waals surface area contributed by atoms with Gasteiger partial charge in [-0.3, -0.25) is 4.79 Å². The lowest BCUT2D eigenvalue weighted by atomic mass is 10.1. The number of thioether (sulfide) groups is 1. The predicted octanol–water partition coefficient (Wildman–Crippen LogP) is 1.98. The van der Waals surface area contributed by atoms with E-state index in [4.69, 9.17) is 0 Å². The highest BCUT2D eigenvalue weighted by Crippen LogP contribution is 2.13. The van der Waals surface area contributed by atoms with Crippen molar-refractivity contribution in [2.24, 2.45) is 0 Å². The summed E-state index contributed by atoms with van der Waals surface area (Å²) in [7, 11) is 0. The van der Waals surface area contributed by atoms with E-state index in [0.717, 1.165) is 31.0 Å². The molecular formula is C14H20N2OS. The van der Waals surface area contributed by atoms with Gasteiger partial charge in [0.2, 0.25) is 0 Å². The molecule has 0 unspecified atom stereocenters. The van der Waals surface area contributed by atoms with Crippen molar-refractivity contribution in [1.82, 2.24) is 10.2 Å². The molecule has 1 amide bonds. The number of amides is 1. The van der Waals surface area contributed by atoms with Crippen LogP contribution >= 0.6 is 11.8 Å². The van der Waals surface area contributed by atoms with Crippen molar-refractivity contribution in [2.75, 3.05) is 25.9 Å². The van der Waals surface area contributed by atoms with Crippen molar-refractivity contribution in [3.63, 3.8) is 0 Å². The van der Waals surface area contributed by atoms with Gasteiger partial charge in [-0.25, -0.2) is 0 Å². The van der Waals surface area contributed by atoms with Crippen LogP contribution in [0.15, 0.2) is 24.3 Å². The first-order valence-corrected chi connectivity index (χ1v) is 7.70. The Bertz CT molecular complexity index is 405. The molecule has 0 bridgehead atoms. The molecule has 0 radical (unpaired) electrons. The molecule has 1 aromatic rings. The number of rotatable bonds is 3. The Morgan fingerprint density at radius 2 is 2.17 bits per heavy atom. The molecule has 1 aliphatic heterocycles. The second-order valence-corrected chi connectivity index (χ2v) is 5.60. The smallest absolute Gasteiger partial charge is 0.253 e. The molecule has 1 heterocycles.